The fourth-order valence-electron chi connectivity index (χ4n) is 4.12. The molecule has 0 saturated carbocycles. The first-order valence-corrected chi connectivity index (χ1v) is 9.87. The topological polar surface area (TPSA) is 49.6 Å². The van der Waals surface area contributed by atoms with Crippen LogP contribution in [0.2, 0.25) is 0 Å². The zero-order valence-electron chi connectivity index (χ0n) is 16.4. The van der Waals surface area contributed by atoms with E-state index in [1.54, 1.807) is 0 Å². The summed E-state index contributed by atoms with van der Waals surface area (Å²) in [7, 11) is 1.94. The van der Waals surface area contributed by atoms with Gasteiger partial charge in [0.15, 0.2) is 0 Å². The van der Waals surface area contributed by atoms with E-state index in [0.717, 1.165) is 31.6 Å². The molecule has 0 radical (unpaired) electrons. The summed E-state index contributed by atoms with van der Waals surface area (Å²) in [5.74, 6) is 0.587. The van der Waals surface area contributed by atoms with Crippen molar-refractivity contribution in [1.29, 1.82) is 0 Å². The minimum atomic E-state index is -0.241. The number of rotatable bonds is 6. The number of amides is 1. The minimum Gasteiger partial charge on any atom is -0.342 e. The number of piperidine rings is 1. The Morgan fingerprint density at radius 3 is 2.41 bits per heavy atom. The quantitative estimate of drug-likeness (QED) is 0.853. The first-order chi connectivity index (χ1) is 13.0. The molecule has 1 heterocycles. The third kappa shape index (κ3) is 5.18. The Bertz CT molecular complexity index is 719. The first kappa shape index (κ1) is 19.6. The first-order valence-electron chi connectivity index (χ1n) is 9.87. The van der Waals surface area contributed by atoms with Gasteiger partial charge in [-0.05, 0) is 23.5 Å². The SMILES string of the molecule is C[C@@H]1CN(Cc2ccccc2)CC[C@H]1N(C)C(=O)C[C@H](N)c1ccccc1. The van der Waals surface area contributed by atoms with E-state index in [2.05, 4.69) is 42.2 Å². The van der Waals surface area contributed by atoms with E-state index in [1.807, 2.05) is 42.3 Å². The van der Waals surface area contributed by atoms with Gasteiger partial charge in [0, 0.05) is 45.2 Å². The normalized spacial score (nSPS) is 21.6. The average Bonchev–Trinajstić information content (AvgIpc) is 2.69. The summed E-state index contributed by atoms with van der Waals surface area (Å²) in [6, 6.07) is 20.5. The lowest BCUT2D eigenvalue weighted by Crippen LogP contribution is -2.50. The molecule has 1 amide bonds. The number of benzene rings is 2. The van der Waals surface area contributed by atoms with Crippen molar-refractivity contribution in [3.8, 4) is 0 Å². The zero-order chi connectivity index (χ0) is 19.2. The third-order valence-corrected chi connectivity index (χ3v) is 5.71. The van der Waals surface area contributed by atoms with Gasteiger partial charge < -0.3 is 10.6 Å². The van der Waals surface area contributed by atoms with Crippen molar-refractivity contribution in [2.75, 3.05) is 20.1 Å². The van der Waals surface area contributed by atoms with Crippen molar-refractivity contribution < 1.29 is 4.79 Å². The molecule has 2 N–H and O–H groups in total. The highest BCUT2D eigenvalue weighted by molar-refractivity contribution is 5.77. The van der Waals surface area contributed by atoms with Crippen molar-refractivity contribution in [2.45, 2.75) is 38.4 Å². The number of likely N-dealkylation sites (tertiary alicyclic amines) is 1. The predicted molar refractivity (Wildman–Crippen MR) is 110 cm³/mol. The summed E-state index contributed by atoms with van der Waals surface area (Å²) in [5, 5.41) is 0. The molecule has 144 valence electrons. The zero-order valence-corrected chi connectivity index (χ0v) is 16.4. The largest absolute Gasteiger partial charge is 0.342 e. The Labute approximate surface area is 163 Å². The molecular weight excluding hydrogens is 334 g/mol. The van der Waals surface area contributed by atoms with Crippen LogP contribution < -0.4 is 5.73 Å². The smallest absolute Gasteiger partial charge is 0.224 e. The standard InChI is InChI=1S/C23H31N3O/c1-18-16-26(17-19-9-5-3-6-10-19)14-13-22(18)25(2)23(27)15-21(24)20-11-7-4-8-12-20/h3-12,18,21-22H,13-17,24H2,1-2H3/t18-,21+,22-/m1/s1. The van der Waals surface area contributed by atoms with Gasteiger partial charge in [0.2, 0.25) is 5.91 Å². The molecule has 1 saturated heterocycles. The predicted octanol–water partition coefficient (Wildman–Crippen LogP) is 3.45. The molecule has 1 fully saturated rings. The fourth-order valence-corrected chi connectivity index (χ4v) is 4.12. The maximum absolute atomic E-state index is 12.8. The Morgan fingerprint density at radius 2 is 1.78 bits per heavy atom. The molecule has 3 atom stereocenters. The number of hydrogen-bond acceptors (Lipinski definition) is 3. The molecule has 0 aromatic heterocycles. The van der Waals surface area contributed by atoms with Gasteiger partial charge in [-0.3, -0.25) is 9.69 Å². The second-order valence-corrected chi connectivity index (χ2v) is 7.78. The molecular formula is C23H31N3O. The van der Waals surface area contributed by atoms with Crippen LogP contribution in [0.1, 0.15) is 36.9 Å². The summed E-state index contributed by atoms with van der Waals surface area (Å²) in [6.07, 6.45) is 1.37. The van der Waals surface area contributed by atoms with Gasteiger partial charge in [-0.2, -0.15) is 0 Å². The van der Waals surface area contributed by atoms with Gasteiger partial charge in [0.1, 0.15) is 0 Å². The molecule has 1 aliphatic heterocycles. The molecule has 4 nitrogen and oxygen atoms in total. The minimum absolute atomic E-state index is 0.139. The number of carbonyl (C=O) groups excluding carboxylic acids is 1. The van der Waals surface area contributed by atoms with E-state index in [-0.39, 0.29) is 18.0 Å². The highest BCUT2D eigenvalue weighted by Gasteiger charge is 2.31. The van der Waals surface area contributed by atoms with Crippen LogP contribution in [0.4, 0.5) is 0 Å². The maximum Gasteiger partial charge on any atom is 0.224 e. The van der Waals surface area contributed by atoms with Crippen LogP contribution in [-0.4, -0.2) is 41.9 Å². The molecule has 3 rings (SSSR count). The van der Waals surface area contributed by atoms with Gasteiger partial charge in [-0.25, -0.2) is 0 Å². The van der Waals surface area contributed by atoms with Crippen LogP contribution in [0.15, 0.2) is 60.7 Å². The monoisotopic (exact) mass is 365 g/mol. The van der Waals surface area contributed by atoms with E-state index in [9.17, 15) is 4.79 Å². The number of nitrogens with two attached hydrogens (primary N) is 1. The molecule has 1 aliphatic rings. The second kappa shape index (κ2) is 9.16. The highest BCUT2D eigenvalue weighted by atomic mass is 16.2. The second-order valence-electron chi connectivity index (χ2n) is 7.78. The number of hydrogen-bond donors (Lipinski definition) is 1. The Morgan fingerprint density at radius 1 is 1.15 bits per heavy atom. The average molecular weight is 366 g/mol. The van der Waals surface area contributed by atoms with Crippen molar-refractivity contribution in [3.63, 3.8) is 0 Å². The third-order valence-electron chi connectivity index (χ3n) is 5.71. The molecule has 27 heavy (non-hydrogen) atoms. The van der Waals surface area contributed by atoms with E-state index >= 15 is 0 Å². The van der Waals surface area contributed by atoms with E-state index in [0.29, 0.717) is 12.3 Å². The van der Waals surface area contributed by atoms with Crippen LogP contribution in [0.3, 0.4) is 0 Å². The summed E-state index contributed by atoms with van der Waals surface area (Å²) in [4.78, 5) is 17.2. The molecule has 2 aromatic carbocycles. The molecule has 4 heteroatoms. The van der Waals surface area contributed by atoms with Crippen LogP contribution in [0.25, 0.3) is 0 Å². The Kier molecular flexibility index (Phi) is 6.64. The highest BCUT2D eigenvalue weighted by Crippen LogP contribution is 2.24. The summed E-state index contributed by atoms with van der Waals surface area (Å²) in [6.45, 7) is 5.27. The molecule has 2 aromatic rings. The Hall–Kier alpha value is -2.17. The van der Waals surface area contributed by atoms with E-state index in [4.69, 9.17) is 5.73 Å². The van der Waals surface area contributed by atoms with Crippen LogP contribution in [0, 0.1) is 5.92 Å². The van der Waals surface area contributed by atoms with Gasteiger partial charge in [0.05, 0.1) is 0 Å². The van der Waals surface area contributed by atoms with Crippen molar-refractivity contribution >= 4 is 5.91 Å². The summed E-state index contributed by atoms with van der Waals surface area (Å²) in [5.41, 5.74) is 8.62. The van der Waals surface area contributed by atoms with Crippen molar-refractivity contribution in [2.24, 2.45) is 11.7 Å². The molecule has 0 unspecified atom stereocenters. The van der Waals surface area contributed by atoms with Gasteiger partial charge in [0.25, 0.3) is 0 Å². The Balaban J connectivity index is 1.53. The molecule has 0 spiro atoms. The van der Waals surface area contributed by atoms with Gasteiger partial charge >= 0.3 is 0 Å². The lowest BCUT2D eigenvalue weighted by atomic mass is 9.91. The lowest BCUT2D eigenvalue weighted by Gasteiger charge is -2.41. The van der Waals surface area contributed by atoms with Crippen molar-refractivity contribution in [1.82, 2.24) is 9.80 Å². The van der Waals surface area contributed by atoms with Gasteiger partial charge in [-0.15, -0.1) is 0 Å². The van der Waals surface area contributed by atoms with Crippen LogP contribution in [0.5, 0.6) is 0 Å². The number of carbonyl (C=O) groups is 1. The van der Waals surface area contributed by atoms with Crippen LogP contribution >= 0.6 is 0 Å². The van der Waals surface area contributed by atoms with Crippen molar-refractivity contribution in [3.05, 3.63) is 71.8 Å². The lowest BCUT2D eigenvalue weighted by molar-refractivity contribution is -0.134. The maximum atomic E-state index is 12.8. The fraction of sp³-hybridized carbons (Fsp3) is 0.435. The van der Waals surface area contributed by atoms with E-state index in [1.165, 1.54) is 5.56 Å². The summed E-state index contributed by atoms with van der Waals surface area (Å²) < 4.78 is 0. The number of nitrogens with zero attached hydrogens (tertiary/aromatic N) is 2. The molecule has 0 aliphatic carbocycles. The van der Waals surface area contributed by atoms with Crippen LogP contribution in [-0.2, 0) is 11.3 Å². The summed E-state index contributed by atoms with van der Waals surface area (Å²) >= 11 is 0. The molecule has 0 bridgehead atoms. The van der Waals surface area contributed by atoms with E-state index < -0.39 is 0 Å². The van der Waals surface area contributed by atoms with Gasteiger partial charge in [-0.1, -0.05) is 67.6 Å².